The van der Waals surface area contributed by atoms with Crippen molar-refractivity contribution < 1.29 is 14.9 Å². The normalized spacial score (nSPS) is 31.4. The molecule has 30 heavy (non-hydrogen) atoms. The summed E-state index contributed by atoms with van der Waals surface area (Å²) in [5.41, 5.74) is 1.41. The number of aliphatic hydroxyl groups is 2. The van der Waals surface area contributed by atoms with Gasteiger partial charge in [0.15, 0.2) is 0 Å². The minimum absolute atomic E-state index is 0.166. The van der Waals surface area contributed by atoms with Gasteiger partial charge in [-0.1, -0.05) is 51.3 Å². The van der Waals surface area contributed by atoms with Crippen molar-refractivity contribution in [3.63, 3.8) is 0 Å². The van der Waals surface area contributed by atoms with Crippen molar-refractivity contribution in [1.29, 1.82) is 0 Å². The first-order chi connectivity index (χ1) is 14.6. The van der Waals surface area contributed by atoms with E-state index in [-0.39, 0.29) is 12.0 Å². The molecule has 2 N–H and O–H groups in total. The van der Waals surface area contributed by atoms with Crippen LogP contribution >= 0.6 is 0 Å². The molecule has 1 saturated heterocycles. The Hall–Kier alpha value is -0.680. The summed E-state index contributed by atoms with van der Waals surface area (Å²) < 4.78 is 5.96. The molecular weight excluding hydrogens is 374 g/mol. The molecule has 6 atom stereocenters. The van der Waals surface area contributed by atoms with Crippen molar-refractivity contribution >= 4 is 0 Å². The van der Waals surface area contributed by atoms with Crippen LogP contribution in [0.3, 0.4) is 0 Å². The Balaban J connectivity index is 1.36. The van der Waals surface area contributed by atoms with E-state index >= 15 is 0 Å². The van der Waals surface area contributed by atoms with Gasteiger partial charge < -0.3 is 19.8 Å². The highest BCUT2D eigenvalue weighted by Crippen LogP contribution is 2.47. The maximum absolute atomic E-state index is 10.5. The van der Waals surface area contributed by atoms with E-state index in [4.69, 9.17) is 4.74 Å². The quantitative estimate of drug-likeness (QED) is 0.339. The maximum atomic E-state index is 10.5. The molecule has 2 aliphatic carbocycles. The number of aliphatic hydroxyl groups excluding tert-OH is 2. The number of ether oxygens (including phenoxy) is 1. The topological polar surface area (TPSA) is 52.9 Å². The fraction of sp³-hybridized carbons (Fsp3) is 0.846. The van der Waals surface area contributed by atoms with Crippen molar-refractivity contribution in [2.24, 2.45) is 23.7 Å². The van der Waals surface area contributed by atoms with Crippen LogP contribution in [0.15, 0.2) is 23.8 Å². The first-order valence-electron chi connectivity index (χ1n) is 12.6. The fourth-order valence-corrected chi connectivity index (χ4v) is 5.73. The summed E-state index contributed by atoms with van der Waals surface area (Å²) in [4.78, 5) is 2.54. The Labute approximate surface area is 184 Å². The summed E-state index contributed by atoms with van der Waals surface area (Å²) in [5.74, 6) is 1.66. The van der Waals surface area contributed by atoms with Crippen LogP contribution in [0, 0.1) is 23.7 Å². The van der Waals surface area contributed by atoms with Gasteiger partial charge in [0.1, 0.15) is 0 Å². The second-order valence-corrected chi connectivity index (χ2v) is 10.1. The Morgan fingerprint density at radius 2 is 2.07 bits per heavy atom. The summed E-state index contributed by atoms with van der Waals surface area (Å²) >= 11 is 0. The highest BCUT2D eigenvalue weighted by molar-refractivity contribution is 5.21. The van der Waals surface area contributed by atoms with Crippen molar-refractivity contribution in [3.8, 4) is 0 Å². The van der Waals surface area contributed by atoms with Crippen LogP contribution in [0.2, 0.25) is 0 Å². The maximum Gasteiger partial charge on any atom is 0.0723 e. The molecule has 0 aromatic rings. The van der Waals surface area contributed by atoms with Crippen molar-refractivity contribution in [3.05, 3.63) is 23.8 Å². The predicted molar refractivity (Wildman–Crippen MR) is 123 cm³/mol. The van der Waals surface area contributed by atoms with E-state index in [2.05, 4.69) is 30.9 Å². The second kappa shape index (κ2) is 12.4. The second-order valence-electron chi connectivity index (χ2n) is 10.1. The highest BCUT2D eigenvalue weighted by Gasteiger charge is 2.43. The first-order valence-corrected chi connectivity index (χ1v) is 12.6. The van der Waals surface area contributed by atoms with Crippen LogP contribution < -0.4 is 0 Å². The molecule has 0 aromatic heterocycles. The van der Waals surface area contributed by atoms with E-state index in [1.807, 2.05) is 6.08 Å². The van der Waals surface area contributed by atoms with E-state index < -0.39 is 6.10 Å². The van der Waals surface area contributed by atoms with Gasteiger partial charge >= 0.3 is 0 Å². The lowest BCUT2D eigenvalue weighted by Crippen LogP contribution is -2.21. The third kappa shape index (κ3) is 7.19. The number of hydrogen-bond donors (Lipinski definition) is 2. The van der Waals surface area contributed by atoms with Crippen LogP contribution in [0.1, 0.15) is 71.6 Å². The number of fused-ring (bicyclic) bond motifs is 1. The number of hydrogen-bond acceptors (Lipinski definition) is 4. The number of rotatable bonds is 13. The third-order valence-electron chi connectivity index (χ3n) is 7.45. The number of unbranched alkanes of at least 4 members (excludes halogenated alkanes) is 1. The summed E-state index contributed by atoms with van der Waals surface area (Å²) in [6.45, 7) is 9.73. The molecule has 1 heterocycles. The molecule has 1 aliphatic heterocycles. The molecule has 0 bridgehead atoms. The number of likely N-dealkylation sites (tertiary alicyclic amines) is 1. The minimum Gasteiger partial charge on any atom is -0.392 e. The molecule has 0 radical (unpaired) electrons. The molecule has 2 fully saturated rings. The summed E-state index contributed by atoms with van der Waals surface area (Å²) in [7, 11) is 0. The molecule has 0 spiro atoms. The van der Waals surface area contributed by atoms with Gasteiger partial charge in [0.25, 0.3) is 0 Å². The molecule has 0 aromatic carbocycles. The fourth-order valence-electron chi connectivity index (χ4n) is 5.73. The largest absolute Gasteiger partial charge is 0.392 e. The number of allylic oxidation sites excluding steroid dienone is 1. The summed E-state index contributed by atoms with van der Waals surface area (Å²) in [5, 5.41) is 20.9. The molecule has 3 aliphatic rings. The van der Waals surface area contributed by atoms with E-state index in [1.54, 1.807) is 0 Å². The van der Waals surface area contributed by atoms with Crippen LogP contribution in [-0.4, -0.2) is 60.2 Å². The molecule has 172 valence electrons. The molecule has 4 heteroatoms. The van der Waals surface area contributed by atoms with E-state index in [0.29, 0.717) is 17.8 Å². The highest BCUT2D eigenvalue weighted by atomic mass is 16.5. The minimum atomic E-state index is -0.393. The monoisotopic (exact) mass is 419 g/mol. The lowest BCUT2D eigenvalue weighted by atomic mass is 9.88. The van der Waals surface area contributed by atoms with Gasteiger partial charge in [0.05, 0.1) is 18.8 Å². The van der Waals surface area contributed by atoms with Crippen molar-refractivity contribution in [2.75, 3.05) is 32.8 Å². The van der Waals surface area contributed by atoms with Crippen LogP contribution in [-0.2, 0) is 4.74 Å². The van der Waals surface area contributed by atoms with Crippen LogP contribution in [0.5, 0.6) is 0 Å². The molecule has 0 amide bonds. The zero-order valence-corrected chi connectivity index (χ0v) is 19.3. The Kier molecular flexibility index (Phi) is 9.89. The van der Waals surface area contributed by atoms with E-state index in [0.717, 1.165) is 38.9 Å². The molecule has 0 unspecified atom stereocenters. The first kappa shape index (κ1) is 24.0. The zero-order valence-electron chi connectivity index (χ0n) is 19.3. The third-order valence-corrected chi connectivity index (χ3v) is 7.45. The van der Waals surface area contributed by atoms with Crippen LogP contribution in [0.25, 0.3) is 0 Å². The number of nitrogens with zero attached hydrogens (tertiary/aromatic N) is 1. The Morgan fingerprint density at radius 3 is 2.83 bits per heavy atom. The van der Waals surface area contributed by atoms with Gasteiger partial charge in [-0.2, -0.15) is 0 Å². The standard InChI is InChI=1S/C26H45NO3/c1-3-4-8-20(2)15-23(28)9-10-24-25-17-21(16-22(25)18-26(24)29)19-30-14-7-13-27-11-5-6-12-27/h9-10,16,20,22-26,28-29H,3-8,11-15,17-19H2,1-2H3/b10-9+/t20-,22-,23+,24+,25-,26+/m0/s1. The smallest absolute Gasteiger partial charge is 0.0723 e. The average molecular weight is 420 g/mol. The Morgan fingerprint density at radius 1 is 1.27 bits per heavy atom. The molecule has 3 rings (SSSR count). The summed E-state index contributed by atoms with van der Waals surface area (Å²) in [6.07, 6.45) is 15.9. The lowest BCUT2D eigenvalue weighted by molar-refractivity contribution is 0.130. The van der Waals surface area contributed by atoms with Crippen LogP contribution in [0.4, 0.5) is 0 Å². The molecule has 1 saturated carbocycles. The van der Waals surface area contributed by atoms with Gasteiger partial charge in [0, 0.05) is 19.1 Å². The van der Waals surface area contributed by atoms with Gasteiger partial charge in [-0.15, -0.1) is 0 Å². The lowest BCUT2D eigenvalue weighted by Gasteiger charge is -2.19. The predicted octanol–water partition coefficient (Wildman–Crippen LogP) is 4.57. The van der Waals surface area contributed by atoms with Gasteiger partial charge in [-0.25, -0.2) is 0 Å². The molecular formula is C26H45NO3. The summed E-state index contributed by atoms with van der Waals surface area (Å²) in [6, 6.07) is 0. The average Bonchev–Trinajstić information content (AvgIpc) is 3.42. The SMILES string of the molecule is CCCC[C@H](C)C[C@H](O)/C=C/[C@@H]1[C@H]2CC(COCCCN3CCCC3)=C[C@H]2C[C@H]1O. The zero-order chi connectivity index (χ0) is 21.3. The van der Waals surface area contributed by atoms with E-state index in [1.165, 1.54) is 57.3 Å². The Bertz CT molecular complexity index is 554. The van der Waals surface area contributed by atoms with Gasteiger partial charge in [0.2, 0.25) is 0 Å². The van der Waals surface area contributed by atoms with Crippen molar-refractivity contribution in [1.82, 2.24) is 4.90 Å². The van der Waals surface area contributed by atoms with Gasteiger partial charge in [-0.3, -0.25) is 0 Å². The molecule has 4 nitrogen and oxygen atoms in total. The van der Waals surface area contributed by atoms with Gasteiger partial charge in [-0.05, 0) is 74.9 Å². The van der Waals surface area contributed by atoms with E-state index in [9.17, 15) is 10.2 Å². The van der Waals surface area contributed by atoms with Crippen molar-refractivity contribution in [2.45, 2.75) is 83.8 Å².